The Hall–Kier alpha value is -1.69. The number of hydrogen-bond donors (Lipinski definition) is 2. The van der Waals surface area contributed by atoms with Crippen LogP contribution >= 0.6 is 0 Å². The predicted molar refractivity (Wildman–Crippen MR) is 75.4 cm³/mol. The number of primary amides is 1. The highest BCUT2D eigenvalue weighted by Crippen LogP contribution is 2.25. The summed E-state index contributed by atoms with van der Waals surface area (Å²) >= 11 is 0. The lowest BCUT2D eigenvalue weighted by Crippen LogP contribution is -2.37. The average molecular weight is 285 g/mol. The Labute approximate surface area is 117 Å². The van der Waals surface area contributed by atoms with Gasteiger partial charge >= 0.3 is 0 Å². The molecule has 20 heavy (non-hydrogen) atoms. The Bertz CT molecular complexity index is 454. The van der Waals surface area contributed by atoms with Gasteiger partial charge in [-0.15, -0.1) is 0 Å². The van der Waals surface area contributed by atoms with E-state index in [1.54, 1.807) is 7.05 Å². The maximum Gasteiger partial charge on any atom is 0.236 e. The fourth-order valence-electron chi connectivity index (χ4n) is 2.09. The first kappa shape index (κ1) is 16.4. The van der Waals surface area contributed by atoms with Crippen LogP contribution in [0, 0.1) is 17.6 Å². The molecule has 0 atom stereocenters. The van der Waals surface area contributed by atoms with Crippen LogP contribution < -0.4 is 16.0 Å². The zero-order valence-corrected chi connectivity index (χ0v) is 12.0. The molecule has 0 saturated heterocycles. The van der Waals surface area contributed by atoms with E-state index in [0.717, 1.165) is 0 Å². The molecule has 4 nitrogen and oxygen atoms in total. The number of hydrogen-bond acceptors (Lipinski definition) is 3. The van der Waals surface area contributed by atoms with Crippen LogP contribution in [0.4, 0.5) is 14.5 Å². The lowest BCUT2D eigenvalue weighted by Gasteiger charge is -2.26. The lowest BCUT2D eigenvalue weighted by molar-refractivity contribution is -0.116. The van der Waals surface area contributed by atoms with Crippen LogP contribution in [0.2, 0.25) is 0 Å². The Kier molecular flexibility index (Phi) is 5.88. The van der Waals surface area contributed by atoms with Crippen molar-refractivity contribution in [1.82, 2.24) is 5.32 Å². The molecule has 112 valence electrons. The summed E-state index contributed by atoms with van der Waals surface area (Å²) in [4.78, 5) is 12.4. The van der Waals surface area contributed by atoms with Gasteiger partial charge in [0.25, 0.3) is 0 Å². The first-order valence-electron chi connectivity index (χ1n) is 6.51. The maximum atomic E-state index is 14.1. The van der Waals surface area contributed by atoms with Crippen molar-refractivity contribution in [2.24, 2.45) is 11.7 Å². The topological polar surface area (TPSA) is 58.4 Å². The number of anilines is 1. The Morgan fingerprint density at radius 1 is 1.35 bits per heavy atom. The molecular weight excluding hydrogens is 264 g/mol. The fourth-order valence-corrected chi connectivity index (χ4v) is 2.09. The SMILES string of the molecule is CNCc1cc(F)c(N(CC(N)=O)CC(C)C)c(F)c1. The number of benzene rings is 1. The highest BCUT2D eigenvalue weighted by Gasteiger charge is 2.20. The van der Waals surface area contributed by atoms with Crippen molar-refractivity contribution in [2.75, 3.05) is 25.0 Å². The molecule has 1 amide bonds. The van der Waals surface area contributed by atoms with Gasteiger partial charge in [-0.3, -0.25) is 4.79 Å². The molecule has 0 saturated carbocycles. The highest BCUT2D eigenvalue weighted by atomic mass is 19.1. The third-order valence-corrected chi connectivity index (χ3v) is 2.71. The molecule has 0 fully saturated rings. The predicted octanol–water partition coefficient (Wildman–Crippen LogP) is 1.63. The van der Waals surface area contributed by atoms with Gasteiger partial charge in [0.15, 0.2) is 0 Å². The molecule has 0 aliphatic heterocycles. The first-order chi connectivity index (χ1) is 9.35. The van der Waals surface area contributed by atoms with E-state index in [4.69, 9.17) is 5.73 Å². The van der Waals surface area contributed by atoms with Crippen molar-refractivity contribution in [2.45, 2.75) is 20.4 Å². The Morgan fingerprint density at radius 2 is 1.90 bits per heavy atom. The van der Waals surface area contributed by atoms with Crippen molar-refractivity contribution < 1.29 is 13.6 Å². The minimum atomic E-state index is -0.683. The quantitative estimate of drug-likeness (QED) is 0.800. The van der Waals surface area contributed by atoms with E-state index in [9.17, 15) is 13.6 Å². The summed E-state index contributed by atoms with van der Waals surface area (Å²) in [6, 6.07) is 2.53. The van der Waals surface area contributed by atoms with E-state index in [2.05, 4.69) is 5.32 Å². The number of nitrogens with one attached hydrogen (secondary N) is 1. The molecule has 0 spiro atoms. The summed E-state index contributed by atoms with van der Waals surface area (Å²) in [5.74, 6) is -1.84. The number of halogens is 2. The third-order valence-electron chi connectivity index (χ3n) is 2.71. The maximum absolute atomic E-state index is 14.1. The van der Waals surface area contributed by atoms with Crippen molar-refractivity contribution in [3.63, 3.8) is 0 Å². The molecule has 0 aromatic heterocycles. The number of rotatable bonds is 7. The molecule has 0 radical (unpaired) electrons. The monoisotopic (exact) mass is 285 g/mol. The van der Waals surface area contributed by atoms with Gasteiger partial charge in [-0.2, -0.15) is 0 Å². The number of nitrogens with two attached hydrogens (primary N) is 1. The number of amides is 1. The molecular formula is C14H21F2N3O. The van der Waals surface area contributed by atoms with Crippen LogP contribution in [0.1, 0.15) is 19.4 Å². The largest absolute Gasteiger partial charge is 0.368 e. The van der Waals surface area contributed by atoms with Crippen LogP contribution in [0.3, 0.4) is 0 Å². The van der Waals surface area contributed by atoms with Gasteiger partial charge < -0.3 is 16.0 Å². The van der Waals surface area contributed by atoms with E-state index in [1.165, 1.54) is 17.0 Å². The fraction of sp³-hybridized carbons (Fsp3) is 0.500. The Balaban J connectivity index is 3.15. The molecule has 6 heteroatoms. The Morgan fingerprint density at radius 3 is 2.30 bits per heavy atom. The van der Waals surface area contributed by atoms with E-state index in [1.807, 2.05) is 13.8 Å². The van der Waals surface area contributed by atoms with Crippen molar-refractivity contribution >= 4 is 11.6 Å². The lowest BCUT2D eigenvalue weighted by atomic mass is 10.1. The summed E-state index contributed by atoms with van der Waals surface area (Å²) in [7, 11) is 1.70. The van der Waals surface area contributed by atoms with Gasteiger partial charge in [0.2, 0.25) is 5.91 Å². The van der Waals surface area contributed by atoms with Crippen LogP contribution in [0.15, 0.2) is 12.1 Å². The molecule has 0 aliphatic rings. The van der Waals surface area contributed by atoms with E-state index in [0.29, 0.717) is 18.7 Å². The molecule has 3 N–H and O–H groups in total. The van der Waals surface area contributed by atoms with Gasteiger partial charge in [-0.05, 0) is 30.7 Å². The summed E-state index contributed by atoms with van der Waals surface area (Å²) < 4.78 is 28.2. The van der Waals surface area contributed by atoms with Crippen molar-refractivity contribution in [1.29, 1.82) is 0 Å². The smallest absolute Gasteiger partial charge is 0.236 e. The van der Waals surface area contributed by atoms with Gasteiger partial charge in [-0.25, -0.2) is 8.78 Å². The normalized spacial score (nSPS) is 10.9. The molecule has 1 aromatic rings. The van der Waals surface area contributed by atoms with Crippen LogP contribution in [0.25, 0.3) is 0 Å². The van der Waals surface area contributed by atoms with Gasteiger partial charge in [0.05, 0.1) is 6.54 Å². The first-order valence-corrected chi connectivity index (χ1v) is 6.51. The van der Waals surface area contributed by atoms with Crippen molar-refractivity contribution in [3.8, 4) is 0 Å². The summed E-state index contributed by atoms with van der Waals surface area (Å²) in [5.41, 5.74) is 5.46. The molecule has 0 heterocycles. The summed E-state index contributed by atoms with van der Waals surface area (Å²) in [6.45, 7) is 4.31. The average Bonchev–Trinajstić information content (AvgIpc) is 2.26. The number of nitrogens with zero attached hydrogens (tertiary/aromatic N) is 1. The second kappa shape index (κ2) is 7.19. The number of carbonyl (C=O) groups is 1. The van der Waals surface area contributed by atoms with Crippen molar-refractivity contribution in [3.05, 3.63) is 29.3 Å². The molecule has 0 aliphatic carbocycles. The van der Waals surface area contributed by atoms with E-state index >= 15 is 0 Å². The second-order valence-corrected chi connectivity index (χ2v) is 5.18. The van der Waals surface area contributed by atoms with Crippen LogP contribution in [-0.4, -0.2) is 26.0 Å². The molecule has 1 rings (SSSR count). The van der Waals surface area contributed by atoms with Crippen LogP contribution in [0.5, 0.6) is 0 Å². The molecule has 1 aromatic carbocycles. The van der Waals surface area contributed by atoms with E-state index in [-0.39, 0.29) is 18.2 Å². The minimum Gasteiger partial charge on any atom is -0.368 e. The molecule has 0 unspecified atom stereocenters. The minimum absolute atomic E-state index is 0.144. The highest BCUT2D eigenvalue weighted by molar-refractivity contribution is 5.79. The zero-order chi connectivity index (χ0) is 15.3. The van der Waals surface area contributed by atoms with Gasteiger partial charge in [-0.1, -0.05) is 13.8 Å². The standard InChI is InChI=1S/C14H21F2N3O/c1-9(2)7-19(8-13(17)20)14-11(15)4-10(6-18-3)5-12(14)16/h4-5,9,18H,6-8H2,1-3H3,(H2,17,20). The van der Waals surface area contributed by atoms with E-state index < -0.39 is 17.5 Å². The molecule has 0 bridgehead atoms. The van der Waals surface area contributed by atoms with Gasteiger partial charge in [0.1, 0.15) is 17.3 Å². The zero-order valence-electron chi connectivity index (χ0n) is 12.0. The summed E-state index contributed by atoms with van der Waals surface area (Å²) in [6.07, 6.45) is 0. The number of carbonyl (C=O) groups excluding carboxylic acids is 1. The summed E-state index contributed by atoms with van der Waals surface area (Å²) in [5, 5.41) is 2.83. The van der Waals surface area contributed by atoms with Crippen LogP contribution in [-0.2, 0) is 11.3 Å². The third kappa shape index (κ3) is 4.45. The van der Waals surface area contributed by atoms with Gasteiger partial charge in [0, 0.05) is 13.1 Å². The second-order valence-electron chi connectivity index (χ2n) is 5.18.